The third-order valence-electron chi connectivity index (χ3n) is 4.11. The third kappa shape index (κ3) is 2.21. The molecule has 2 aromatic heterocycles. The predicted molar refractivity (Wildman–Crippen MR) is 80.2 cm³/mol. The number of imidazole rings is 1. The van der Waals surface area contributed by atoms with Crippen LogP contribution in [-0.2, 0) is 4.74 Å². The lowest BCUT2D eigenvalue weighted by Crippen LogP contribution is -2.22. The van der Waals surface area contributed by atoms with E-state index >= 15 is 0 Å². The minimum absolute atomic E-state index is 0.136. The third-order valence-corrected chi connectivity index (χ3v) is 4.31. The summed E-state index contributed by atoms with van der Waals surface area (Å²) in [4.78, 5) is 9.36. The molecule has 2 aromatic rings. The Morgan fingerprint density at radius 3 is 2.85 bits per heavy atom. The Bertz CT molecular complexity index is 623. The first kappa shape index (κ1) is 13.8. The van der Waals surface area contributed by atoms with Crippen LogP contribution in [0, 0.1) is 6.92 Å². The number of hydrogen-bond acceptors (Lipinski definition) is 3. The van der Waals surface area contributed by atoms with Crippen molar-refractivity contribution in [2.24, 2.45) is 0 Å². The summed E-state index contributed by atoms with van der Waals surface area (Å²) < 4.78 is 7.85. The summed E-state index contributed by atoms with van der Waals surface area (Å²) in [6, 6.07) is 4.30. The minimum atomic E-state index is -0.136. The fourth-order valence-electron chi connectivity index (χ4n) is 3.17. The number of hydrogen-bond donors (Lipinski definition) is 0. The van der Waals surface area contributed by atoms with E-state index < -0.39 is 0 Å². The molecular formula is C15H20ClN3O. The molecule has 1 aliphatic rings. The lowest BCUT2D eigenvalue weighted by atomic mass is 10.2. The number of methoxy groups -OCH3 is 1. The van der Waals surface area contributed by atoms with Crippen molar-refractivity contribution in [3.05, 3.63) is 23.7 Å². The number of aromatic nitrogens is 3. The van der Waals surface area contributed by atoms with Crippen molar-refractivity contribution in [1.82, 2.24) is 14.5 Å². The molecular weight excluding hydrogens is 274 g/mol. The van der Waals surface area contributed by atoms with Crippen molar-refractivity contribution in [1.29, 1.82) is 0 Å². The molecule has 0 radical (unpaired) electrons. The van der Waals surface area contributed by atoms with Gasteiger partial charge in [-0.1, -0.05) is 0 Å². The molecule has 1 fully saturated rings. The molecule has 3 atom stereocenters. The van der Waals surface area contributed by atoms with Gasteiger partial charge < -0.3 is 9.30 Å². The van der Waals surface area contributed by atoms with Crippen LogP contribution >= 0.6 is 11.6 Å². The second-order valence-electron chi connectivity index (χ2n) is 5.52. The number of aryl methyl sites for hydroxylation is 1. The largest absolute Gasteiger partial charge is 0.379 e. The van der Waals surface area contributed by atoms with Gasteiger partial charge in [0.15, 0.2) is 5.65 Å². The monoisotopic (exact) mass is 293 g/mol. The van der Waals surface area contributed by atoms with Gasteiger partial charge in [0, 0.05) is 12.8 Å². The Hall–Kier alpha value is -1.13. The van der Waals surface area contributed by atoms with E-state index in [0.29, 0.717) is 0 Å². The number of nitrogens with zero attached hydrogens (tertiary/aromatic N) is 3. The van der Waals surface area contributed by atoms with Gasteiger partial charge in [0.1, 0.15) is 11.3 Å². The van der Waals surface area contributed by atoms with E-state index in [0.717, 1.165) is 35.5 Å². The van der Waals surface area contributed by atoms with Gasteiger partial charge in [0.25, 0.3) is 0 Å². The molecule has 0 aliphatic heterocycles. The zero-order valence-corrected chi connectivity index (χ0v) is 12.9. The predicted octanol–water partition coefficient (Wildman–Crippen LogP) is 3.78. The second kappa shape index (κ2) is 5.34. The van der Waals surface area contributed by atoms with Gasteiger partial charge in [0.2, 0.25) is 0 Å². The van der Waals surface area contributed by atoms with Crippen LogP contribution in [0.2, 0.25) is 0 Å². The summed E-state index contributed by atoms with van der Waals surface area (Å²) >= 11 is 6.34. The Morgan fingerprint density at radius 2 is 2.15 bits per heavy atom. The highest BCUT2D eigenvalue weighted by molar-refractivity contribution is 6.20. The topological polar surface area (TPSA) is 39.9 Å². The minimum Gasteiger partial charge on any atom is -0.379 e. The fourth-order valence-corrected chi connectivity index (χ4v) is 3.32. The lowest BCUT2D eigenvalue weighted by molar-refractivity contribution is 0.0751. The Balaban J connectivity index is 2.20. The van der Waals surface area contributed by atoms with Crippen molar-refractivity contribution in [3.8, 4) is 0 Å². The normalized spacial score (nSPS) is 24.4. The summed E-state index contributed by atoms with van der Waals surface area (Å²) in [6.45, 7) is 3.96. The van der Waals surface area contributed by atoms with E-state index in [2.05, 4.69) is 14.5 Å². The Kier molecular flexibility index (Phi) is 3.69. The first-order valence-corrected chi connectivity index (χ1v) is 7.57. The van der Waals surface area contributed by atoms with E-state index in [1.165, 1.54) is 6.42 Å². The summed E-state index contributed by atoms with van der Waals surface area (Å²) in [5.41, 5.74) is 2.85. The summed E-state index contributed by atoms with van der Waals surface area (Å²) in [5, 5.41) is -0.136. The van der Waals surface area contributed by atoms with E-state index in [9.17, 15) is 0 Å². The zero-order valence-electron chi connectivity index (χ0n) is 12.1. The number of pyridine rings is 1. The number of fused-ring (bicyclic) bond motifs is 1. The highest BCUT2D eigenvalue weighted by Gasteiger charge is 2.32. The fraction of sp³-hybridized carbons (Fsp3) is 0.600. The number of ether oxygens (including phenoxy) is 1. The molecule has 0 bridgehead atoms. The molecule has 1 aliphatic carbocycles. The van der Waals surface area contributed by atoms with Crippen LogP contribution in [0.15, 0.2) is 12.1 Å². The molecule has 2 heterocycles. The average Bonchev–Trinajstić information content (AvgIpc) is 3.00. The van der Waals surface area contributed by atoms with Gasteiger partial charge >= 0.3 is 0 Å². The van der Waals surface area contributed by atoms with Gasteiger partial charge in [-0.15, -0.1) is 11.6 Å². The van der Waals surface area contributed by atoms with Crippen LogP contribution < -0.4 is 0 Å². The molecule has 0 amide bonds. The first-order valence-electron chi connectivity index (χ1n) is 7.14. The summed E-state index contributed by atoms with van der Waals surface area (Å²) in [6.07, 6.45) is 3.58. The quantitative estimate of drug-likeness (QED) is 0.809. The van der Waals surface area contributed by atoms with Crippen LogP contribution in [0.4, 0.5) is 0 Å². The van der Waals surface area contributed by atoms with Gasteiger partial charge in [-0.2, -0.15) is 0 Å². The van der Waals surface area contributed by atoms with Gasteiger partial charge in [-0.3, -0.25) is 0 Å². The summed E-state index contributed by atoms with van der Waals surface area (Å²) in [5.74, 6) is 0.897. The molecule has 0 aromatic carbocycles. The molecule has 20 heavy (non-hydrogen) atoms. The van der Waals surface area contributed by atoms with E-state index in [1.807, 2.05) is 26.0 Å². The highest BCUT2D eigenvalue weighted by atomic mass is 35.5. The molecule has 0 saturated heterocycles. The highest BCUT2D eigenvalue weighted by Crippen LogP contribution is 2.37. The number of rotatable bonds is 3. The van der Waals surface area contributed by atoms with Crippen molar-refractivity contribution in [2.75, 3.05) is 7.11 Å². The van der Waals surface area contributed by atoms with Crippen LogP contribution in [-0.4, -0.2) is 27.7 Å². The second-order valence-corrected chi connectivity index (χ2v) is 6.18. The number of halogens is 1. The van der Waals surface area contributed by atoms with Gasteiger partial charge in [-0.05, 0) is 45.2 Å². The van der Waals surface area contributed by atoms with E-state index in [1.54, 1.807) is 7.11 Å². The van der Waals surface area contributed by atoms with Crippen LogP contribution in [0.1, 0.15) is 49.1 Å². The van der Waals surface area contributed by atoms with Crippen LogP contribution in [0.5, 0.6) is 0 Å². The molecule has 0 N–H and O–H groups in total. The van der Waals surface area contributed by atoms with Crippen LogP contribution in [0.3, 0.4) is 0 Å². The molecule has 1 saturated carbocycles. The smallest absolute Gasteiger partial charge is 0.160 e. The molecule has 3 unspecified atom stereocenters. The van der Waals surface area contributed by atoms with Crippen molar-refractivity contribution in [3.63, 3.8) is 0 Å². The average molecular weight is 294 g/mol. The van der Waals surface area contributed by atoms with E-state index in [4.69, 9.17) is 16.3 Å². The van der Waals surface area contributed by atoms with Crippen molar-refractivity contribution in [2.45, 2.75) is 50.6 Å². The van der Waals surface area contributed by atoms with Crippen LogP contribution in [0.25, 0.3) is 11.2 Å². The molecule has 5 heteroatoms. The van der Waals surface area contributed by atoms with Crippen molar-refractivity contribution < 1.29 is 4.74 Å². The lowest BCUT2D eigenvalue weighted by Gasteiger charge is -2.23. The maximum Gasteiger partial charge on any atom is 0.160 e. The maximum absolute atomic E-state index is 6.34. The SMILES string of the molecule is COC1CCCC1n1c(C(C)Cl)nc2ccc(C)nc21. The Labute approximate surface area is 124 Å². The molecule has 3 rings (SSSR count). The van der Waals surface area contributed by atoms with E-state index in [-0.39, 0.29) is 17.5 Å². The molecule has 0 spiro atoms. The molecule has 108 valence electrons. The number of alkyl halides is 1. The zero-order chi connectivity index (χ0) is 14.3. The van der Waals surface area contributed by atoms with Gasteiger partial charge in [-0.25, -0.2) is 9.97 Å². The standard InChI is InChI=1S/C15H20ClN3O/c1-9-7-8-11-15(17-9)19(14(18-11)10(2)16)12-5-4-6-13(12)20-3/h7-8,10,12-13H,4-6H2,1-3H3. The maximum atomic E-state index is 6.34. The first-order chi connectivity index (χ1) is 9.61. The van der Waals surface area contributed by atoms with Crippen molar-refractivity contribution >= 4 is 22.8 Å². The van der Waals surface area contributed by atoms with Gasteiger partial charge in [0.05, 0.1) is 17.5 Å². The summed E-state index contributed by atoms with van der Waals surface area (Å²) in [7, 11) is 1.78. The Morgan fingerprint density at radius 1 is 1.35 bits per heavy atom. The molecule has 4 nitrogen and oxygen atoms in total.